The highest BCUT2D eigenvalue weighted by molar-refractivity contribution is 5.88. The summed E-state index contributed by atoms with van der Waals surface area (Å²) in [5.74, 6) is -0.00917. The molecule has 1 aromatic heterocycles. The summed E-state index contributed by atoms with van der Waals surface area (Å²) >= 11 is 0. The fourth-order valence-electron chi connectivity index (χ4n) is 1.71. The van der Waals surface area contributed by atoms with Gasteiger partial charge in [-0.25, -0.2) is 9.78 Å². The number of esters is 1. The number of nitrogens with zero attached hydrogens (tertiary/aromatic N) is 1. The van der Waals surface area contributed by atoms with E-state index < -0.39 is 0 Å². The first kappa shape index (κ1) is 13.6. The first-order valence-corrected chi connectivity index (χ1v) is 5.79. The molecule has 0 saturated heterocycles. The highest BCUT2D eigenvalue weighted by atomic mass is 16.5. The van der Waals surface area contributed by atoms with Gasteiger partial charge in [0.05, 0.1) is 6.61 Å². The van der Waals surface area contributed by atoms with Crippen LogP contribution in [0.4, 0.5) is 0 Å². The average molecular weight is 237 g/mol. The zero-order valence-corrected chi connectivity index (χ0v) is 10.6. The number of methoxy groups -OCH3 is 1. The highest BCUT2D eigenvalue weighted by Crippen LogP contribution is 2.13. The van der Waals surface area contributed by atoms with E-state index in [1.165, 1.54) is 0 Å². The van der Waals surface area contributed by atoms with Gasteiger partial charge in [0.1, 0.15) is 0 Å². The molecule has 1 atom stereocenters. The Balaban J connectivity index is 2.80. The summed E-state index contributed by atoms with van der Waals surface area (Å²) in [4.78, 5) is 15.8. The molecule has 0 radical (unpaired) electrons. The number of carbonyl (C=O) groups is 1. The molecular formula is C13H19NO3. The lowest BCUT2D eigenvalue weighted by Crippen LogP contribution is -2.14. The minimum Gasteiger partial charge on any atom is -0.461 e. The zero-order chi connectivity index (χ0) is 12.7. The van der Waals surface area contributed by atoms with Crippen molar-refractivity contribution in [2.75, 3.05) is 20.3 Å². The van der Waals surface area contributed by atoms with Crippen LogP contribution in [0, 0.1) is 5.92 Å². The molecule has 0 bridgehead atoms. The van der Waals surface area contributed by atoms with Crippen molar-refractivity contribution in [1.29, 1.82) is 0 Å². The fraction of sp³-hybridized carbons (Fsp3) is 0.538. The second-order valence-corrected chi connectivity index (χ2v) is 4.00. The number of hydrogen-bond donors (Lipinski definition) is 0. The van der Waals surface area contributed by atoms with E-state index in [0.29, 0.717) is 24.8 Å². The first-order chi connectivity index (χ1) is 8.19. The van der Waals surface area contributed by atoms with Crippen LogP contribution in [0.25, 0.3) is 0 Å². The van der Waals surface area contributed by atoms with Gasteiger partial charge in [0.25, 0.3) is 0 Å². The van der Waals surface area contributed by atoms with Crippen molar-refractivity contribution < 1.29 is 14.3 Å². The van der Waals surface area contributed by atoms with E-state index in [9.17, 15) is 4.79 Å². The molecule has 0 fully saturated rings. The summed E-state index contributed by atoms with van der Waals surface area (Å²) in [7, 11) is 1.67. The quantitative estimate of drug-likeness (QED) is 0.711. The van der Waals surface area contributed by atoms with Gasteiger partial charge in [-0.05, 0) is 30.9 Å². The van der Waals surface area contributed by atoms with Crippen molar-refractivity contribution in [2.24, 2.45) is 5.92 Å². The molecule has 17 heavy (non-hydrogen) atoms. The third-order valence-corrected chi connectivity index (χ3v) is 2.38. The maximum Gasteiger partial charge on any atom is 0.357 e. The number of rotatable bonds is 6. The lowest BCUT2D eigenvalue weighted by atomic mass is 10.0. The minimum absolute atomic E-state index is 0.345. The Morgan fingerprint density at radius 1 is 1.53 bits per heavy atom. The molecule has 1 rings (SSSR count). The highest BCUT2D eigenvalue weighted by Gasteiger charge is 2.15. The maximum atomic E-state index is 11.7. The minimum atomic E-state index is -0.354. The molecule has 0 aliphatic rings. The number of aromatic nitrogens is 1. The summed E-state index contributed by atoms with van der Waals surface area (Å²) in [6.07, 6.45) is 2.37. The van der Waals surface area contributed by atoms with Crippen LogP contribution in [-0.4, -0.2) is 31.3 Å². The molecule has 4 nitrogen and oxygen atoms in total. The smallest absolute Gasteiger partial charge is 0.357 e. The molecule has 0 aliphatic heterocycles. The summed E-state index contributed by atoms with van der Waals surface area (Å²) in [6.45, 7) is 4.89. The molecule has 0 saturated carbocycles. The van der Waals surface area contributed by atoms with E-state index in [4.69, 9.17) is 9.47 Å². The van der Waals surface area contributed by atoms with Gasteiger partial charge in [-0.3, -0.25) is 0 Å². The average Bonchev–Trinajstić information content (AvgIpc) is 2.30. The van der Waals surface area contributed by atoms with Gasteiger partial charge in [-0.1, -0.05) is 13.0 Å². The molecular weight excluding hydrogens is 218 g/mol. The van der Waals surface area contributed by atoms with Gasteiger partial charge in [-0.2, -0.15) is 0 Å². The predicted octanol–water partition coefficient (Wildman–Crippen LogP) is 2.08. The van der Waals surface area contributed by atoms with Crippen LogP contribution in [0.2, 0.25) is 0 Å². The van der Waals surface area contributed by atoms with E-state index in [1.807, 2.05) is 12.1 Å². The Morgan fingerprint density at radius 3 is 2.94 bits per heavy atom. The van der Waals surface area contributed by atoms with Crippen LogP contribution in [-0.2, 0) is 15.9 Å². The molecule has 1 aromatic rings. The Bertz CT molecular complexity index is 365. The Hall–Kier alpha value is -1.42. The monoisotopic (exact) mass is 237 g/mol. The van der Waals surface area contributed by atoms with Gasteiger partial charge in [0.15, 0.2) is 5.69 Å². The van der Waals surface area contributed by atoms with E-state index >= 15 is 0 Å². The maximum absolute atomic E-state index is 11.7. The normalized spacial score (nSPS) is 12.2. The van der Waals surface area contributed by atoms with Crippen LogP contribution >= 0.6 is 0 Å². The molecule has 0 aliphatic carbocycles. The summed E-state index contributed by atoms with van der Waals surface area (Å²) < 4.78 is 10.1. The van der Waals surface area contributed by atoms with Gasteiger partial charge >= 0.3 is 5.97 Å². The zero-order valence-electron chi connectivity index (χ0n) is 10.6. The molecule has 94 valence electrons. The van der Waals surface area contributed by atoms with Crippen molar-refractivity contribution in [2.45, 2.75) is 20.3 Å². The Kier molecular flexibility index (Phi) is 5.63. The SMILES string of the molecule is CCOC(=O)c1ncccc1CC(C)COC. The van der Waals surface area contributed by atoms with Crippen LogP contribution in [0.15, 0.2) is 18.3 Å². The molecule has 0 spiro atoms. The second-order valence-electron chi connectivity index (χ2n) is 4.00. The predicted molar refractivity (Wildman–Crippen MR) is 64.9 cm³/mol. The van der Waals surface area contributed by atoms with E-state index in [0.717, 1.165) is 12.0 Å². The van der Waals surface area contributed by atoms with Crippen molar-refractivity contribution in [1.82, 2.24) is 4.98 Å². The summed E-state index contributed by atoms with van der Waals surface area (Å²) in [5.41, 5.74) is 1.33. The van der Waals surface area contributed by atoms with Crippen LogP contribution in [0.3, 0.4) is 0 Å². The number of ether oxygens (including phenoxy) is 2. The lowest BCUT2D eigenvalue weighted by molar-refractivity contribution is 0.0517. The largest absolute Gasteiger partial charge is 0.461 e. The molecule has 4 heteroatoms. The van der Waals surface area contributed by atoms with Crippen LogP contribution < -0.4 is 0 Å². The van der Waals surface area contributed by atoms with Crippen molar-refractivity contribution in [3.8, 4) is 0 Å². The molecule has 1 heterocycles. The van der Waals surface area contributed by atoms with Gasteiger partial charge in [0, 0.05) is 19.9 Å². The third kappa shape index (κ3) is 4.15. The topological polar surface area (TPSA) is 48.4 Å². The molecule has 0 aromatic carbocycles. The number of hydrogen-bond acceptors (Lipinski definition) is 4. The first-order valence-electron chi connectivity index (χ1n) is 5.79. The second kappa shape index (κ2) is 7.01. The number of pyridine rings is 1. The van der Waals surface area contributed by atoms with E-state index in [2.05, 4.69) is 11.9 Å². The van der Waals surface area contributed by atoms with Crippen molar-refractivity contribution in [3.05, 3.63) is 29.6 Å². The standard InChI is InChI=1S/C13H19NO3/c1-4-17-13(15)12-11(6-5-7-14-12)8-10(2)9-16-3/h5-7,10H,4,8-9H2,1-3H3. The molecule has 0 N–H and O–H groups in total. The summed E-state index contributed by atoms with van der Waals surface area (Å²) in [5, 5.41) is 0. The van der Waals surface area contributed by atoms with Gasteiger partial charge < -0.3 is 9.47 Å². The van der Waals surface area contributed by atoms with Crippen molar-refractivity contribution >= 4 is 5.97 Å². The van der Waals surface area contributed by atoms with Gasteiger partial charge in [0.2, 0.25) is 0 Å². The Morgan fingerprint density at radius 2 is 2.29 bits per heavy atom. The fourth-order valence-corrected chi connectivity index (χ4v) is 1.71. The van der Waals surface area contributed by atoms with E-state index in [-0.39, 0.29) is 5.97 Å². The third-order valence-electron chi connectivity index (χ3n) is 2.38. The number of carbonyl (C=O) groups excluding carboxylic acids is 1. The van der Waals surface area contributed by atoms with Crippen LogP contribution in [0.1, 0.15) is 29.9 Å². The summed E-state index contributed by atoms with van der Waals surface area (Å²) in [6, 6.07) is 3.74. The van der Waals surface area contributed by atoms with E-state index in [1.54, 1.807) is 20.2 Å². The van der Waals surface area contributed by atoms with Crippen LogP contribution in [0.5, 0.6) is 0 Å². The lowest BCUT2D eigenvalue weighted by Gasteiger charge is -2.12. The Labute approximate surface area is 102 Å². The molecule has 1 unspecified atom stereocenters. The molecule has 0 amide bonds. The van der Waals surface area contributed by atoms with Crippen molar-refractivity contribution in [3.63, 3.8) is 0 Å². The van der Waals surface area contributed by atoms with Gasteiger partial charge in [-0.15, -0.1) is 0 Å².